The number of carbonyl (C=O) groups excluding carboxylic acids is 2. The number of piperidine rings is 1. The summed E-state index contributed by atoms with van der Waals surface area (Å²) in [5.74, 6) is 0.374. The number of halogens is 1. The van der Waals surface area contributed by atoms with E-state index in [1.54, 1.807) is 6.20 Å². The highest BCUT2D eigenvalue weighted by molar-refractivity contribution is 6.35. The van der Waals surface area contributed by atoms with Gasteiger partial charge in [-0.15, -0.1) is 0 Å². The molecule has 178 valence electrons. The summed E-state index contributed by atoms with van der Waals surface area (Å²) < 4.78 is 5.60. The van der Waals surface area contributed by atoms with E-state index in [2.05, 4.69) is 21.4 Å². The second-order valence-corrected chi connectivity index (χ2v) is 10.4. The molecule has 2 fully saturated rings. The zero-order chi connectivity index (χ0) is 23.9. The number of ether oxygens (including phenoxy) is 1. The summed E-state index contributed by atoms with van der Waals surface area (Å²) in [6.07, 6.45) is 6.09. The van der Waals surface area contributed by atoms with Crippen LogP contribution < -0.4 is 11.1 Å². The Bertz CT molecular complexity index is 1450. The second-order valence-electron chi connectivity index (χ2n) is 10.0. The summed E-state index contributed by atoms with van der Waals surface area (Å²) in [7, 11) is 0. The van der Waals surface area contributed by atoms with Crippen LogP contribution in [0.2, 0.25) is 5.02 Å². The SMILES string of the molecule is Nc1nc2cnc(C(=O)N3CCCCC3c3cc(Cl)c4c(c3)C3(CC3)C(=O)N4)cc2c2c1COC2. The molecule has 9 heteroatoms. The normalized spacial score (nSPS) is 21.8. The number of pyridine rings is 2. The van der Waals surface area contributed by atoms with Crippen LogP contribution in [-0.4, -0.2) is 33.2 Å². The van der Waals surface area contributed by atoms with Gasteiger partial charge in [-0.1, -0.05) is 17.7 Å². The van der Waals surface area contributed by atoms with Crippen LogP contribution in [-0.2, 0) is 28.2 Å². The summed E-state index contributed by atoms with van der Waals surface area (Å²) in [5, 5.41) is 4.36. The summed E-state index contributed by atoms with van der Waals surface area (Å²) in [4.78, 5) is 37.2. The average molecular weight is 490 g/mol. The lowest BCUT2D eigenvalue weighted by Gasteiger charge is -2.36. The number of hydrogen-bond donors (Lipinski definition) is 2. The Hall–Kier alpha value is -3.23. The zero-order valence-electron chi connectivity index (χ0n) is 19.1. The highest BCUT2D eigenvalue weighted by atomic mass is 35.5. The number of nitrogens with two attached hydrogens (primary N) is 1. The third-order valence-corrected chi connectivity index (χ3v) is 8.33. The third kappa shape index (κ3) is 3.02. The van der Waals surface area contributed by atoms with E-state index >= 15 is 0 Å². The molecule has 0 radical (unpaired) electrons. The minimum absolute atomic E-state index is 0.0363. The molecule has 1 aromatic carbocycles. The number of nitrogens with zero attached hydrogens (tertiary/aromatic N) is 3. The fourth-order valence-corrected chi connectivity index (χ4v) is 6.24. The Morgan fingerprint density at radius 1 is 1.20 bits per heavy atom. The number of nitrogens with one attached hydrogen (secondary N) is 1. The molecular weight excluding hydrogens is 466 g/mol. The molecule has 35 heavy (non-hydrogen) atoms. The van der Waals surface area contributed by atoms with E-state index < -0.39 is 5.41 Å². The van der Waals surface area contributed by atoms with E-state index in [1.165, 1.54) is 0 Å². The van der Waals surface area contributed by atoms with Gasteiger partial charge in [0.15, 0.2) is 0 Å². The summed E-state index contributed by atoms with van der Waals surface area (Å²) in [6.45, 7) is 1.52. The number of anilines is 2. The van der Waals surface area contributed by atoms with Crippen LogP contribution in [0, 0.1) is 0 Å². The second kappa shape index (κ2) is 7.38. The molecule has 1 atom stereocenters. The zero-order valence-corrected chi connectivity index (χ0v) is 19.8. The molecule has 1 saturated heterocycles. The number of rotatable bonds is 2. The molecule has 7 rings (SSSR count). The van der Waals surface area contributed by atoms with Gasteiger partial charge in [-0.25, -0.2) is 9.97 Å². The van der Waals surface area contributed by atoms with Crippen LogP contribution in [0.1, 0.15) is 70.9 Å². The topological polar surface area (TPSA) is 110 Å². The van der Waals surface area contributed by atoms with Gasteiger partial charge in [0.25, 0.3) is 5.91 Å². The average Bonchev–Trinajstić information content (AvgIpc) is 3.43. The van der Waals surface area contributed by atoms with Crippen molar-refractivity contribution in [2.24, 2.45) is 0 Å². The fourth-order valence-electron chi connectivity index (χ4n) is 5.96. The van der Waals surface area contributed by atoms with Gasteiger partial charge in [0.05, 0.1) is 47.1 Å². The highest BCUT2D eigenvalue weighted by Gasteiger charge is 2.57. The van der Waals surface area contributed by atoms with Crippen LogP contribution in [0.3, 0.4) is 0 Å². The van der Waals surface area contributed by atoms with Crippen molar-refractivity contribution in [1.29, 1.82) is 0 Å². The predicted octanol–water partition coefficient (Wildman–Crippen LogP) is 4.25. The molecule has 5 heterocycles. The number of amides is 2. The van der Waals surface area contributed by atoms with E-state index in [-0.39, 0.29) is 17.9 Å². The third-order valence-electron chi connectivity index (χ3n) is 8.03. The molecular formula is C26H24ClN5O3. The van der Waals surface area contributed by atoms with Crippen molar-refractivity contribution in [3.63, 3.8) is 0 Å². The van der Waals surface area contributed by atoms with Crippen molar-refractivity contribution in [3.8, 4) is 0 Å². The van der Waals surface area contributed by atoms with Gasteiger partial charge >= 0.3 is 0 Å². The molecule has 4 aliphatic rings. The number of hydrogen-bond acceptors (Lipinski definition) is 6. The Morgan fingerprint density at radius 2 is 2.03 bits per heavy atom. The number of fused-ring (bicyclic) bond motifs is 5. The van der Waals surface area contributed by atoms with Gasteiger partial charge in [-0.3, -0.25) is 9.59 Å². The van der Waals surface area contributed by atoms with Crippen molar-refractivity contribution in [1.82, 2.24) is 14.9 Å². The van der Waals surface area contributed by atoms with Gasteiger partial charge in [-0.05, 0) is 60.9 Å². The van der Waals surface area contributed by atoms with Crippen LogP contribution in [0.15, 0.2) is 24.4 Å². The lowest BCUT2D eigenvalue weighted by atomic mass is 9.90. The molecule has 3 N–H and O–H groups in total. The Balaban J connectivity index is 1.27. The molecule has 3 aromatic rings. The Kier molecular flexibility index (Phi) is 4.45. The van der Waals surface area contributed by atoms with E-state index in [1.807, 2.05) is 17.0 Å². The molecule has 1 saturated carbocycles. The molecule has 1 aliphatic carbocycles. The van der Waals surface area contributed by atoms with Crippen molar-refractivity contribution < 1.29 is 14.3 Å². The van der Waals surface area contributed by atoms with Gasteiger partial charge in [0, 0.05) is 17.5 Å². The van der Waals surface area contributed by atoms with Crippen LogP contribution in [0.5, 0.6) is 0 Å². The standard InChI is InChI=1S/C26H24ClN5O3/c27-18-8-13(7-17-22(18)31-25(34)26(17)4-5-26)21-3-1-2-6-32(21)24(33)19-9-14-15-11-35-12-16(15)23(28)30-20(14)10-29-19/h7-10,21H,1-6,11-12H2,(H2,28,30)(H,31,34). The lowest BCUT2D eigenvalue weighted by molar-refractivity contribution is -0.117. The van der Waals surface area contributed by atoms with Crippen molar-refractivity contribution >= 4 is 45.8 Å². The Labute approximate surface area is 206 Å². The van der Waals surface area contributed by atoms with Gasteiger partial charge in [-0.2, -0.15) is 0 Å². The van der Waals surface area contributed by atoms with Crippen molar-refractivity contribution in [2.45, 2.75) is 56.8 Å². The first-order valence-electron chi connectivity index (χ1n) is 12.1. The van der Waals surface area contributed by atoms with E-state index in [0.29, 0.717) is 41.8 Å². The van der Waals surface area contributed by atoms with Crippen molar-refractivity contribution in [2.75, 3.05) is 17.6 Å². The number of benzene rings is 1. The van der Waals surface area contributed by atoms with Gasteiger partial charge in [0.2, 0.25) is 5.91 Å². The van der Waals surface area contributed by atoms with E-state index in [4.69, 9.17) is 22.1 Å². The van der Waals surface area contributed by atoms with E-state index in [9.17, 15) is 9.59 Å². The fraction of sp³-hybridized carbons (Fsp3) is 0.385. The molecule has 1 spiro atoms. The number of aromatic nitrogens is 2. The molecule has 2 amide bonds. The number of nitrogen functional groups attached to an aromatic ring is 1. The molecule has 1 unspecified atom stereocenters. The first-order chi connectivity index (χ1) is 17.0. The smallest absolute Gasteiger partial charge is 0.272 e. The molecule has 0 bridgehead atoms. The minimum atomic E-state index is -0.435. The quantitative estimate of drug-likeness (QED) is 0.557. The molecule has 8 nitrogen and oxygen atoms in total. The maximum atomic E-state index is 13.8. The predicted molar refractivity (Wildman–Crippen MR) is 131 cm³/mol. The first kappa shape index (κ1) is 21.1. The monoisotopic (exact) mass is 489 g/mol. The minimum Gasteiger partial charge on any atom is -0.383 e. The molecule has 2 aromatic heterocycles. The first-order valence-corrected chi connectivity index (χ1v) is 12.5. The maximum absolute atomic E-state index is 13.8. The largest absolute Gasteiger partial charge is 0.383 e. The number of likely N-dealkylation sites (tertiary alicyclic amines) is 1. The summed E-state index contributed by atoms with van der Waals surface area (Å²) >= 11 is 6.63. The molecule has 3 aliphatic heterocycles. The lowest BCUT2D eigenvalue weighted by Crippen LogP contribution is -2.39. The van der Waals surface area contributed by atoms with Crippen LogP contribution in [0.4, 0.5) is 11.5 Å². The van der Waals surface area contributed by atoms with Gasteiger partial charge < -0.3 is 20.7 Å². The van der Waals surface area contributed by atoms with Gasteiger partial charge in [0.1, 0.15) is 11.5 Å². The van der Waals surface area contributed by atoms with E-state index in [0.717, 1.165) is 65.4 Å². The maximum Gasteiger partial charge on any atom is 0.272 e. The highest BCUT2D eigenvalue weighted by Crippen LogP contribution is 2.57. The van der Waals surface area contributed by atoms with Crippen LogP contribution >= 0.6 is 11.6 Å². The Morgan fingerprint density at radius 3 is 2.86 bits per heavy atom. The summed E-state index contributed by atoms with van der Waals surface area (Å²) in [5.41, 5.74) is 11.3. The van der Waals surface area contributed by atoms with Crippen LogP contribution in [0.25, 0.3) is 10.9 Å². The number of carbonyl (C=O) groups is 2. The van der Waals surface area contributed by atoms with Crippen molar-refractivity contribution in [3.05, 3.63) is 57.4 Å². The summed E-state index contributed by atoms with van der Waals surface area (Å²) in [6, 6.07) is 5.69.